The van der Waals surface area contributed by atoms with Crippen molar-refractivity contribution < 1.29 is 19.1 Å². The van der Waals surface area contributed by atoms with Gasteiger partial charge in [0.25, 0.3) is 0 Å². The molecule has 1 N–H and O–H groups in total. The Labute approximate surface area is 190 Å². The van der Waals surface area contributed by atoms with Crippen molar-refractivity contribution in [2.45, 2.75) is 72.0 Å². The summed E-state index contributed by atoms with van der Waals surface area (Å²) in [5.74, 6) is 1.32. The normalized spacial score (nSPS) is 14.0. The molecule has 0 bridgehead atoms. The number of nitrogens with zero attached hydrogens (tertiary/aromatic N) is 1. The van der Waals surface area contributed by atoms with Crippen LogP contribution >= 0.6 is 0 Å². The Kier molecular flexibility index (Phi) is 8.14. The van der Waals surface area contributed by atoms with Crippen molar-refractivity contribution >= 4 is 11.8 Å². The summed E-state index contributed by atoms with van der Waals surface area (Å²) in [5, 5.41) is 3.05. The third-order valence-electron chi connectivity index (χ3n) is 5.92. The molecule has 172 valence electrons. The van der Waals surface area contributed by atoms with Gasteiger partial charge >= 0.3 is 0 Å². The Morgan fingerprint density at radius 2 is 1.69 bits per heavy atom. The Morgan fingerprint density at radius 3 is 2.38 bits per heavy atom. The van der Waals surface area contributed by atoms with Crippen LogP contribution in [0.3, 0.4) is 0 Å². The van der Waals surface area contributed by atoms with E-state index in [9.17, 15) is 9.59 Å². The molecule has 0 saturated heterocycles. The Balaban J connectivity index is 1.75. The average Bonchev–Trinajstić information content (AvgIpc) is 3.26. The van der Waals surface area contributed by atoms with E-state index in [4.69, 9.17) is 9.47 Å². The van der Waals surface area contributed by atoms with Crippen molar-refractivity contribution in [3.05, 3.63) is 59.2 Å². The van der Waals surface area contributed by atoms with Crippen molar-refractivity contribution in [1.82, 2.24) is 10.2 Å². The number of aryl methyl sites for hydroxylation is 2. The van der Waals surface area contributed by atoms with Crippen molar-refractivity contribution in [3.8, 4) is 11.5 Å². The first kappa shape index (κ1) is 23.6. The van der Waals surface area contributed by atoms with Gasteiger partial charge in [0.15, 0.2) is 11.5 Å². The quantitative estimate of drug-likeness (QED) is 0.598. The van der Waals surface area contributed by atoms with Crippen LogP contribution in [0.1, 0.15) is 56.7 Å². The summed E-state index contributed by atoms with van der Waals surface area (Å²) in [7, 11) is 0. The van der Waals surface area contributed by atoms with Crippen LogP contribution in [0.5, 0.6) is 11.5 Å². The van der Waals surface area contributed by atoms with E-state index in [1.807, 2.05) is 70.2 Å². The second kappa shape index (κ2) is 11.0. The van der Waals surface area contributed by atoms with Gasteiger partial charge in [-0.05, 0) is 56.4 Å². The summed E-state index contributed by atoms with van der Waals surface area (Å²) in [6.07, 6.45) is 2.30. The maximum atomic E-state index is 13.4. The van der Waals surface area contributed by atoms with E-state index in [0.717, 1.165) is 28.9 Å². The Bertz CT molecular complexity index is 926. The van der Waals surface area contributed by atoms with Crippen LogP contribution in [0.2, 0.25) is 0 Å². The maximum absolute atomic E-state index is 13.4. The van der Waals surface area contributed by atoms with Gasteiger partial charge in [-0.15, -0.1) is 0 Å². The van der Waals surface area contributed by atoms with E-state index in [2.05, 4.69) is 5.32 Å². The minimum atomic E-state index is -0.505. The van der Waals surface area contributed by atoms with E-state index in [-0.39, 0.29) is 24.6 Å². The summed E-state index contributed by atoms with van der Waals surface area (Å²) in [4.78, 5) is 28.1. The minimum Gasteiger partial charge on any atom is -0.454 e. The number of ether oxygens (including phenoxy) is 2. The average molecular weight is 439 g/mol. The molecule has 2 aromatic carbocycles. The number of benzene rings is 2. The predicted molar refractivity (Wildman–Crippen MR) is 125 cm³/mol. The first-order chi connectivity index (χ1) is 15.4. The van der Waals surface area contributed by atoms with E-state index in [0.29, 0.717) is 31.6 Å². The van der Waals surface area contributed by atoms with Crippen molar-refractivity contribution in [2.75, 3.05) is 6.79 Å². The molecule has 0 aliphatic carbocycles. The highest BCUT2D eigenvalue weighted by Gasteiger charge is 2.29. The molecule has 1 aliphatic heterocycles. The molecule has 3 rings (SSSR count). The summed E-state index contributed by atoms with van der Waals surface area (Å²) < 4.78 is 10.8. The van der Waals surface area contributed by atoms with Crippen LogP contribution in [0, 0.1) is 6.92 Å². The molecule has 0 saturated carbocycles. The molecule has 2 aromatic rings. The predicted octanol–water partition coefficient (Wildman–Crippen LogP) is 4.38. The number of nitrogens with one attached hydrogen (secondary N) is 1. The smallest absolute Gasteiger partial charge is 0.243 e. The molecule has 1 aliphatic rings. The second-order valence-electron chi connectivity index (χ2n) is 8.44. The first-order valence-corrected chi connectivity index (χ1v) is 11.4. The highest BCUT2D eigenvalue weighted by molar-refractivity contribution is 5.88. The van der Waals surface area contributed by atoms with Gasteiger partial charge < -0.3 is 19.7 Å². The molecule has 0 fully saturated rings. The Hall–Kier alpha value is -3.02. The molecule has 0 spiro atoms. The van der Waals surface area contributed by atoms with Gasteiger partial charge in [0.1, 0.15) is 6.04 Å². The molecule has 6 nitrogen and oxygen atoms in total. The van der Waals surface area contributed by atoms with Gasteiger partial charge in [-0.1, -0.05) is 49.7 Å². The molecule has 0 unspecified atom stereocenters. The van der Waals surface area contributed by atoms with E-state index < -0.39 is 6.04 Å². The number of fused-ring (bicyclic) bond motifs is 1. The van der Waals surface area contributed by atoms with Gasteiger partial charge in [-0.3, -0.25) is 9.59 Å². The van der Waals surface area contributed by atoms with Crippen LogP contribution in [-0.4, -0.2) is 35.6 Å². The monoisotopic (exact) mass is 438 g/mol. The van der Waals surface area contributed by atoms with Crippen molar-refractivity contribution in [2.24, 2.45) is 0 Å². The van der Waals surface area contributed by atoms with Crippen molar-refractivity contribution in [1.29, 1.82) is 0 Å². The zero-order valence-corrected chi connectivity index (χ0v) is 19.5. The fourth-order valence-corrected chi connectivity index (χ4v) is 3.74. The van der Waals surface area contributed by atoms with Gasteiger partial charge in [-0.2, -0.15) is 0 Å². The summed E-state index contributed by atoms with van der Waals surface area (Å²) >= 11 is 0. The van der Waals surface area contributed by atoms with E-state index in [1.165, 1.54) is 0 Å². The molecule has 6 heteroatoms. The van der Waals surface area contributed by atoms with Crippen LogP contribution in [0.15, 0.2) is 42.5 Å². The Morgan fingerprint density at radius 1 is 1.00 bits per heavy atom. The molecule has 2 atom stereocenters. The SMILES string of the molecule is CC[C@@H](C)NC(=O)[C@@H](CC)N(Cc1ccc(C)cc1)C(=O)CCc1ccc2c(c1)OCO2. The zero-order valence-electron chi connectivity index (χ0n) is 19.5. The molecule has 0 radical (unpaired) electrons. The molecule has 2 amide bonds. The number of carbonyl (C=O) groups is 2. The zero-order chi connectivity index (χ0) is 23.1. The first-order valence-electron chi connectivity index (χ1n) is 11.4. The number of amides is 2. The third kappa shape index (κ3) is 6.02. The molecule has 32 heavy (non-hydrogen) atoms. The number of hydrogen-bond acceptors (Lipinski definition) is 4. The molecular weight excluding hydrogens is 404 g/mol. The second-order valence-corrected chi connectivity index (χ2v) is 8.44. The van der Waals surface area contributed by atoms with Gasteiger partial charge in [0.05, 0.1) is 0 Å². The number of carbonyl (C=O) groups excluding carboxylic acids is 2. The summed E-state index contributed by atoms with van der Waals surface area (Å²) in [6, 6.07) is 13.4. The lowest BCUT2D eigenvalue weighted by atomic mass is 10.0. The molecule has 1 heterocycles. The molecular formula is C26H34N2O4. The van der Waals surface area contributed by atoms with Gasteiger partial charge in [0.2, 0.25) is 18.6 Å². The summed E-state index contributed by atoms with van der Waals surface area (Å²) in [6.45, 7) is 8.64. The van der Waals surface area contributed by atoms with Gasteiger partial charge in [0, 0.05) is 19.0 Å². The molecule has 0 aromatic heterocycles. The number of rotatable bonds is 10. The topological polar surface area (TPSA) is 67.9 Å². The van der Waals surface area contributed by atoms with E-state index in [1.54, 1.807) is 4.90 Å². The largest absolute Gasteiger partial charge is 0.454 e. The van der Waals surface area contributed by atoms with Crippen LogP contribution in [0.25, 0.3) is 0 Å². The van der Waals surface area contributed by atoms with Crippen LogP contribution < -0.4 is 14.8 Å². The fraction of sp³-hybridized carbons (Fsp3) is 0.462. The van der Waals surface area contributed by atoms with Crippen LogP contribution in [0.4, 0.5) is 0 Å². The summed E-state index contributed by atoms with van der Waals surface area (Å²) in [5.41, 5.74) is 3.19. The van der Waals surface area contributed by atoms with E-state index >= 15 is 0 Å². The van der Waals surface area contributed by atoms with Crippen LogP contribution in [-0.2, 0) is 22.6 Å². The highest BCUT2D eigenvalue weighted by Crippen LogP contribution is 2.32. The fourth-order valence-electron chi connectivity index (χ4n) is 3.74. The lowest BCUT2D eigenvalue weighted by molar-refractivity contribution is -0.141. The standard InChI is InChI=1S/C26H34N2O4/c1-5-19(4)27-26(30)22(6-2)28(16-21-9-7-18(3)8-10-21)25(29)14-12-20-11-13-23-24(15-20)32-17-31-23/h7-11,13,15,19,22H,5-6,12,14,16-17H2,1-4H3,(H,27,30)/t19-,22-/m1/s1. The van der Waals surface area contributed by atoms with Crippen molar-refractivity contribution in [3.63, 3.8) is 0 Å². The maximum Gasteiger partial charge on any atom is 0.243 e. The lowest BCUT2D eigenvalue weighted by Crippen LogP contribution is -2.50. The number of hydrogen-bond donors (Lipinski definition) is 1. The minimum absolute atomic E-state index is 0.0330. The lowest BCUT2D eigenvalue weighted by Gasteiger charge is -2.31. The third-order valence-corrected chi connectivity index (χ3v) is 5.92. The highest BCUT2D eigenvalue weighted by atomic mass is 16.7. The van der Waals surface area contributed by atoms with Gasteiger partial charge in [-0.25, -0.2) is 0 Å².